The van der Waals surface area contributed by atoms with Crippen molar-refractivity contribution in [1.29, 1.82) is 0 Å². The first-order valence-corrected chi connectivity index (χ1v) is 8.65. The monoisotopic (exact) mass is 326 g/mol. The minimum atomic E-state index is 0.000840. The Morgan fingerprint density at radius 3 is 2.70 bits per heavy atom. The van der Waals surface area contributed by atoms with Crippen LogP contribution >= 0.6 is 11.8 Å². The van der Waals surface area contributed by atoms with Crippen molar-refractivity contribution in [3.63, 3.8) is 0 Å². The minimum absolute atomic E-state index is 0.000840. The molecule has 0 bridgehead atoms. The van der Waals surface area contributed by atoms with Crippen LogP contribution in [0.3, 0.4) is 0 Å². The number of rotatable bonds is 5. The van der Waals surface area contributed by atoms with Crippen molar-refractivity contribution in [2.75, 3.05) is 12.4 Å². The van der Waals surface area contributed by atoms with Gasteiger partial charge in [0.1, 0.15) is 5.75 Å². The summed E-state index contributed by atoms with van der Waals surface area (Å²) in [5, 5.41) is 0. The average molecular weight is 326 g/mol. The molecule has 0 fully saturated rings. The fourth-order valence-electron chi connectivity index (χ4n) is 2.61. The normalized spacial score (nSPS) is 13.1. The first-order valence-electron chi connectivity index (χ1n) is 7.67. The fourth-order valence-corrected chi connectivity index (χ4v) is 3.47. The molecule has 1 aliphatic rings. The molecule has 1 aliphatic heterocycles. The van der Waals surface area contributed by atoms with Crippen molar-refractivity contribution in [2.45, 2.75) is 24.7 Å². The van der Waals surface area contributed by atoms with Gasteiger partial charge in [0, 0.05) is 29.7 Å². The zero-order chi connectivity index (χ0) is 16.2. The Bertz CT molecular complexity index is 752. The van der Waals surface area contributed by atoms with E-state index in [1.165, 1.54) is 0 Å². The van der Waals surface area contributed by atoms with E-state index in [0.29, 0.717) is 17.7 Å². The van der Waals surface area contributed by atoms with Crippen LogP contribution in [0.25, 0.3) is 0 Å². The molecule has 0 aliphatic carbocycles. The lowest BCUT2D eigenvalue weighted by molar-refractivity contribution is 0.0917. The molecule has 3 rings (SSSR count). The maximum atomic E-state index is 12.3. The summed E-state index contributed by atoms with van der Waals surface area (Å²) in [6, 6.07) is 13.0. The smallest absolute Gasteiger partial charge is 0.163 e. The van der Waals surface area contributed by atoms with Gasteiger partial charge >= 0.3 is 0 Å². The van der Waals surface area contributed by atoms with E-state index in [4.69, 9.17) is 4.74 Å². The van der Waals surface area contributed by atoms with Crippen LogP contribution in [0.5, 0.6) is 5.75 Å². The van der Waals surface area contributed by atoms with Crippen LogP contribution in [0, 0.1) is 6.92 Å². The predicted molar refractivity (Wildman–Crippen MR) is 91.7 cm³/mol. The number of Topliss-reactive ketones (excluding diaryl/α,β-unsaturated/α-hetero) is 2. The Hall–Kier alpha value is -2.07. The molecule has 0 saturated heterocycles. The van der Waals surface area contributed by atoms with E-state index in [1.807, 2.05) is 43.3 Å². The summed E-state index contributed by atoms with van der Waals surface area (Å²) < 4.78 is 5.54. The highest BCUT2D eigenvalue weighted by Gasteiger charge is 2.16. The lowest BCUT2D eigenvalue weighted by atomic mass is 9.99. The van der Waals surface area contributed by atoms with Gasteiger partial charge in [0.15, 0.2) is 11.6 Å². The van der Waals surface area contributed by atoms with Gasteiger partial charge in [0.05, 0.1) is 11.5 Å². The number of fused-ring (bicyclic) bond motifs is 1. The average Bonchev–Trinajstić information content (AvgIpc) is 2.59. The zero-order valence-electron chi connectivity index (χ0n) is 13.0. The van der Waals surface area contributed by atoms with E-state index in [-0.39, 0.29) is 24.4 Å². The van der Waals surface area contributed by atoms with E-state index in [9.17, 15) is 9.59 Å². The van der Waals surface area contributed by atoms with E-state index >= 15 is 0 Å². The first kappa shape index (κ1) is 15.8. The number of thioether (sulfide) groups is 1. The molecule has 0 N–H and O–H groups in total. The molecule has 0 spiro atoms. The molecule has 23 heavy (non-hydrogen) atoms. The Morgan fingerprint density at radius 1 is 1.09 bits per heavy atom. The van der Waals surface area contributed by atoms with Crippen molar-refractivity contribution in [3.05, 3.63) is 59.2 Å². The third-order valence-electron chi connectivity index (χ3n) is 3.89. The molecule has 2 aromatic carbocycles. The minimum Gasteiger partial charge on any atom is -0.492 e. The summed E-state index contributed by atoms with van der Waals surface area (Å²) >= 11 is 1.70. The van der Waals surface area contributed by atoms with Gasteiger partial charge in [-0.2, -0.15) is 0 Å². The molecule has 118 valence electrons. The number of benzene rings is 2. The van der Waals surface area contributed by atoms with Crippen LogP contribution in [0.1, 0.15) is 39.1 Å². The molecular formula is C19H18O3S. The van der Waals surface area contributed by atoms with Gasteiger partial charge in [0.2, 0.25) is 0 Å². The van der Waals surface area contributed by atoms with Gasteiger partial charge in [-0.25, -0.2) is 0 Å². The summed E-state index contributed by atoms with van der Waals surface area (Å²) in [5.74, 6) is 1.76. The van der Waals surface area contributed by atoms with Crippen molar-refractivity contribution >= 4 is 23.3 Å². The second-order valence-electron chi connectivity index (χ2n) is 5.52. The Morgan fingerprint density at radius 2 is 1.87 bits per heavy atom. The third-order valence-corrected chi connectivity index (χ3v) is 4.89. The zero-order valence-corrected chi connectivity index (χ0v) is 13.8. The summed E-state index contributed by atoms with van der Waals surface area (Å²) in [4.78, 5) is 25.6. The highest BCUT2D eigenvalue weighted by molar-refractivity contribution is 7.99. The summed E-state index contributed by atoms with van der Waals surface area (Å²) in [7, 11) is 0. The van der Waals surface area contributed by atoms with Crippen LogP contribution < -0.4 is 4.74 Å². The van der Waals surface area contributed by atoms with Crippen molar-refractivity contribution in [1.82, 2.24) is 0 Å². The molecule has 0 radical (unpaired) electrons. The maximum absolute atomic E-state index is 12.3. The van der Waals surface area contributed by atoms with Gasteiger partial charge in [-0.1, -0.05) is 24.3 Å². The van der Waals surface area contributed by atoms with Gasteiger partial charge in [-0.3, -0.25) is 9.59 Å². The molecular weight excluding hydrogens is 308 g/mol. The molecule has 2 aromatic rings. The number of hydrogen-bond donors (Lipinski definition) is 0. The number of hydrogen-bond acceptors (Lipinski definition) is 4. The van der Waals surface area contributed by atoms with Crippen LogP contribution in [0.15, 0.2) is 47.4 Å². The molecule has 0 unspecified atom stereocenters. The van der Waals surface area contributed by atoms with E-state index < -0.39 is 0 Å². The molecule has 3 nitrogen and oxygen atoms in total. The second kappa shape index (κ2) is 7.01. The number of ether oxygens (including phenoxy) is 1. The third kappa shape index (κ3) is 3.64. The Kier molecular flexibility index (Phi) is 4.82. The Labute approximate surface area is 140 Å². The van der Waals surface area contributed by atoms with Crippen LogP contribution in [-0.2, 0) is 0 Å². The molecule has 0 aromatic heterocycles. The summed E-state index contributed by atoms with van der Waals surface area (Å²) in [5.41, 5.74) is 2.31. The fraction of sp³-hybridized carbons (Fsp3) is 0.263. The number of carbonyl (C=O) groups excluding carboxylic acids is 2. The standard InChI is InChI=1S/C19H18O3S/c1-13-4-2-3-5-15(13)17(21)8-7-16(20)14-6-9-18-19(12-14)23-11-10-22-18/h2-6,9,12H,7-8,10-11H2,1H3. The van der Waals surface area contributed by atoms with Crippen molar-refractivity contribution in [3.8, 4) is 5.75 Å². The molecule has 0 saturated carbocycles. The van der Waals surface area contributed by atoms with E-state index in [1.54, 1.807) is 17.8 Å². The quantitative estimate of drug-likeness (QED) is 0.767. The highest BCUT2D eigenvalue weighted by atomic mass is 32.2. The first-order chi connectivity index (χ1) is 11.1. The molecule has 4 heteroatoms. The second-order valence-corrected chi connectivity index (χ2v) is 6.66. The van der Waals surface area contributed by atoms with Crippen molar-refractivity contribution in [2.24, 2.45) is 0 Å². The highest BCUT2D eigenvalue weighted by Crippen LogP contribution is 2.34. The van der Waals surface area contributed by atoms with Gasteiger partial charge in [-0.05, 0) is 30.7 Å². The van der Waals surface area contributed by atoms with Gasteiger partial charge in [-0.15, -0.1) is 11.8 Å². The summed E-state index contributed by atoms with van der Waals surface area (Å²) in [6.45, 7) is 2.62. The van der Waals surface area contributed by atoms with Crippen LogP contribution in [0.2, 0.25) is 0 Å². The van der Waals surface area contributed by atoms with Crippen LogP contribution in [-0.4, -0.2) is 23.9 Å². The number of ketones is 2. The number of aryl methyl sites for hydroxylation is 1. The van der Waals surface area contributed by atoms with Gasteiger partial charge in [0.25, 0.3) is 0 Å². The maximum Gasteiger partial charge on any atom is 0.163 e. The SMILES string of the molecule is Cc1ccccc1C(=O)CCC(=O)c1ccc2c(c1)SCCO2. The lowest BCUT2D eigenvalue weighted by Crippen LogP contribution is -2.09. The van der Waals surface area contributed by atoms with E-state index in [0.717, 1.165) is 22.0 Å². The van der Waals surface area contributed by atoms with Crippen molar-refractivity contribution < 1.29 is 14.3 Å². The lowest BCUT2D eigenvalue weighted by Gasteiger charge is -2.17. The topological polar surface area (TPSA) is 43.4 Å². The van der Waals surface area contributed by atoms with E-state index in [2.05, 4.69) is 0 Å². The summed E-state index contributed by atoms with van der Waals surface area (Å²) in [6.07, 6.45) is 0.474. The van der Waals surface area contributed by atoms with Gasteiger partial charge < -0.3 is 4.74 Å². The number of carbonyl (C=O) groups is 2. The van der Waals surface area contributed by atoms with Crippen LogP contribution in [0.4, 0.5) is 0 Å². The molecule has 0 atom stereocenters. The Balaban J connectivity index is 1.66. The molecule has 1 heterocycles. The predicted octanol–water partition coefficient (Wildman–Crippen LogP) is 4.33. The molecule has 0 amide bonds. The largest absolute Gasteiger partial charge is 0.492 e.